The van der Waals surface area contributed by atoms with Crippen molar-refractivity contribution in [3.05, 3.63) is 45.9 Å². The van der Waals surface area contributed by atoms with Gasteiger partial charge in [-0.25, -0.2) is 4.68 Å². The fourth-order valence-corrected chi connectivity index (χ4v) is 4.60. The van der Waals surface area contributed by atoms with Gasteiger partial charge < -0.3 is 10.2 Å². The number of halogens is 1. The first-order valence-electron chi connectivity index (χ1n) is 8.27. The van der Waals surface area contributed by atoms with Crippen molar-refractivity contribution >= 4 is 39.1 Å². The van der Waals surface area contributed by atoms with Gasteiger partial charge in [0.15, 0.2) is 0 Å². The van der Waals surface area contributed by atoms with Crippen LogP contribution in [0.25, 0.3) is 15.9 Å². The van der Waals surface area contributed by atoms with Crippen LogP contribution in [0.4, 0.5) is 0 Å². The molecule has 0 spiro atoms. The molecular formula is C18H19ClN4OS. The monoisotopic (exact) mass is 374 g/mol. The third-order valence-electron chi connectivity index (χ3n) is 4.71. The highest BCUT2D eigenvalue weighted by Crippen LogP contribution is 2.32. The van der Waals surface area contributed by atoms with Crippen LogP contribution in [0.5, 0.6) is 0 Å². The van der Waals surface area contributed by atoms with E-state index in [1.807, 2.05) is 53.9 Å². The highest BCUT2D eigenvalue weighted by molar-refractivity contribution is 7.20. The number of benzene rings is 1. The van der Waals surface area contributed by atoms with E-state index >= 15 is 0 Å². The van der Waals surface area contributed by atoms with E-state index in [-0.39, 0.29) is 11.9 Å². The lowest BCUT2D eigenvalue weighted by Crippen LogP contribution is -2.37. The molecule has 1 N–H and O–H groups in total. The average molecular weight is 375 g/mol. The number of likely N-dealkylation sites (N-methyl/N-ethyl adjacent to an activating group) is 1. The van der Waals surface area contributed by atoms with Gasteiger partial charge in [0.2, 0.25) is 0 Å². The zero-order valence-electron chi connectivity index (χ0n) is 14.1. The Morgan fingerprint density at radius 1 is 1.44 bits per heavy atom. The number of aromatic nitrogens is 2. The number of rotatable bonds is 3. The van der Waals surface area contributed by atoms with E-state index in [1.54, 1.807) is 0 Å². The second-order valence-electron chi connectivity index (χ2n) is 6.37. The molecule has 1 aromatic carbocycles. The summed E-state index contributed by atoms with van der Waals surface area (Å²) >= 11 is 7.60. The van der Waals surface area contributed by atoms with E-state index in [9.17, 15) is 4.79 Å². The number of nitrogens with one attached hydrogen (secondary N) is 1. The van der Waals surface area contributed by atoms with Crippen molar-refractivity contribution in [2.45, 2.75) is 19.4 Å². The molecule has 130 valence electrons. The molecule has 0 radical (unpaired) electrons. The molecule has 0 saturated carbocycles. The van der Waals surface area contributed by atoms with Crippen molar-refractivity contribution in [2.75, 3.05) is 20.1 Å². The van der Waals surface area contributed by atoms with E-state index in [0.717, 1.165) is 46.0 Å². The van der Waals surface area contributed by atoms with Gasteiger partial charge in [0.25, 0.3) is 5.91 Å². The van der Waals surface area contributed by atoms with Crippen molar-refractivity contribution in [1.29, 1.82) is 0 Å². The third-order valence-corrected chi connectivity index (χ3v) is 6.04. The molecule has 1 unspecified atom stereocenters. The standard InChI is InChI=1S/C18H19ClN4OS/c1-11-15-9-16(17(24)22(2)14-6-7-20-10-14)25-18(15)23(21-11)13-5-3-4-12(19)8-13/h3-5,8-9,14,20H,6-7,10H2,1-2H3. The molecule has 7 heteroatoms. The molecule has 0 bridgehead atoms. The van der Waals surface area contributed by atoms with Crippen LogP contribution >= 0.6 is 22.9 Å². The van der Waals surface area contributed by atoms with Crippen LogP contribution in [-0.4, -0.2) is 46.8 Å². The maximum atomic E-state index is 12.9. The van der Waals surface area contributed by atoms with Crippen LogP contribution in [0, 0.1) is 6.92 Å². The zero-order chi connectivity index (χ0) is 17.6. The van der Waals surface area contributed by atoms with Gasteiger partial charge in [-0.05, 0) is 44.2 Å². The smallest absolute Gasteiger partial charge is 0.264 e. The van der Waals surface area contributed by atoms with E-state index in [0.29, 0.717) is 5.02 Å². The van der Waals surface area contributed by atoms with Crippen LogP contribution in [0.2, 0.25) is 5.02 Å². The molecular weight excluding hydrogens is 356 g/mol. The summed E-state index contributed by atoms with van der Waals surface area (Å²) < 4.78 is 1.87. The molecule has 4 rings (SSSR count). The number of nitrogens with zero attached hydrogens (tertiary/aromatic N) is 3. The van der Waals surface area contributed by atoms with Crippen molar-refractivity contribution in [1.82, 2.24) is 20.0 Å². The number of fused-ring (bicyclic) bond motifs is 1. The van der Waals surface area contributed by atoms with E-state index in [4.69, 9.17) is 11.6 Å². The Kier molecular flexibility index (Phi) is 4.27. The van der Waals surface area contributed by atoms with Gasteiger partial charge in [0.05, 0.1) is 16.3 Å². The quantitative estimate of drug-likeness (QED) is 0.763. The molecule has 1 aliphatic rings. The first-order chi connectivity index (χ1) is 12.0. The fourth-order valence-electron chi connectivity index (χ4n) is 3.25. The number of hydrogen-bond acceptors (Lipinski definition) is 4. The molecule has 5 nitrogen and oxygen atoms in total. The van der Waals surface area contributed by atoms with E-state index in [1.165, 1.54) is 11.3 Å². The molecule has 1 fully saturated rings. The van der Waals surface area contributed by atoms with Gasteiger partial charge in [-0.3, -0.25) is 4.79 Å². The number of carbonyl (C=O) groups is 1. The van der Waals surface area contributed by atoms with Crippen molar-refractivity contribution in [3.63, 3.8) is 0 Å². The first kappa shape index (κ1) is 16.6. The minimum absolute atomic E-state index is 0.0759. The predicted molar refractivity (Wildman–Crippen MR) is 102 cm³/mol. The van der Waals surface area contributed by atoms with Gasteiger partial charge in [-0.15, -0.1) is 11.3 Å². The Labute approximate surface area is 155 Å². The summed E-state index contributed by atoms with van der Waals surface area (Å²) in [6.45, 7) is 3.80. The summed E-state index contributed by atoms with van der Waals surface area (Å²) in [5, 5.41) is 9.61. The Bertz CT molecular complexity index is 942. The summed E-state index contributed by atoms with van der Waals surface area (Å²) in [6, 6.07) is 9.82. The van der Waals surface area contributed by atoms with Crippen LogP contribution < -0.4 is 5.32 Å². The van der Waals surface area contributed by atoms with Crippen molar-refractivity contribution in [2.24, 2.45) is 0 Å². The Hall–Kier alpha value is -1.89. The molecule has 1 saturated heterocycles. The van der Waals surface area contributed by atoms with Gasteiger partial charge in [-0.2, -0.15) is 5.10 Å². The lowest BCUT2D eigenvalue weighted by Gasteiger charge is -2.22. The van der Waals surface area contributed by atoms with Crippen LogP contribution in [0.15, 0.2) is 30.3 Å². The summed E-state index contributed by atoms with van der Waals surface area (Å²) in [5.74, 6) is 0.0759. The topological polar surface area (TPSA) is 50.2 Å². The third kappa shape index (κ3) is 2.94. The fraction of sp³-hybridized carbons (Fsp3) is 0.333. The maximum Gasteiger partial charge on any atom is 0.264 e. The Balaban J connectivity index is 1.73. The van der Waals surface area contributed by atoms with Gasteiger partial charge >= 0.3 is 0 Å². The summed E-state index contributed by atoms with van der Waals surface area (Å²) in [7, 11) is 1.89. The molecule has 1 aliphatic heterocycles. The summed E-state index contributed by atoms with van der Waals surface area (Å²) in [6.07, 6.45) is 1.00. The highest BCUT2D eigenvalue weighted by atomic mass is 35.5. The molecule has 25 heavy (non-hydrogen) atoms. The predicted octanol–water partition coefficient (Wildman–Crippen LogP) is 3.48. The van der Waals surface area contributed by atoms with Gasteiger partial charge in [-0.1, -0.05) is 17.7 Å². The van der Waals surface area contributed by atoms with Gasteiger partial charge in [0.1, 0.15) is 4.83 Å². The maximum absolute atomic E-state index is 12.9. The second-order valence-corrected chi connectivity index (χ2v) is 7.84. The number of aryl methyl sites for hydroxylation is 1. The number of thiophene rings is 1. The summed E-state index contributed by atoms with van der Waals surface area (Å²) in [4.78, 5) is 16.5. The number of hydrogen-bond donors (Lipinski definition) is 1. The number of carbonyl (C=O) groups excluding carboxylic acids is 1. The van der Waals surface area contributed by atoms with E-state index < -0.39 is 0 Å². The molecule has 0 aliphatic carbocycles. The second kappa shape index (κ2) is 6.44. The lowest BCUT2D eigenvalue weighted by atomic mass is 10.2. The summed E-state index contributed by atoms with van der Waals surface area (Å²) in [5.41, 5.74) is 1.82. The SMILES string of the molecule is Cc1nn(-c2cccc(Cl)c2)c2sc(C(=O)N(C)C3CCNC3)cc12. The Morgan fingerprint density at radius 2 is 2.28 bits per heavy atom. The average Bonchev–Trinajstić information content (AvgIpc) is 3.31. The van der Waals surface area contributed by atoms with Crippen molar-refractivity contribution in [3.8, 4) is 5.69 Å². The molecule has 2 aromatic heterocycles. The normalized spacial score (nSPS) is 17.3. The molecule has 1 atom stereocenters. The van der Waals surface area contributed by atoms with Gasteiger partial charge in [0, 0.05) is 30.0 Å². The van der Waals surface area contributed by atoms with Crippen LogP contribution in [-0.2, 0) is 0 Å². The first-order valence-corrected chi connectivity index (χ1v) is 9.47. The van der Waals surface area contributed by atoms with Crippen LogP contribution in [0.3, 0.4) is 0 Å². The minimum Gasteiger partial charge on any atom is -0.337 e. The van der Waals surface area contributed by atoms with Crippen LogP contribution in [0.1, 0.15) is 21.8 Å². The molecule has 3 heterocycles. The van der Waals surface area contributed by atoms with Crippen molar-refractivity contribution < 1.29 is 4.79 Å². The largest absolute Gasteiger partial charge is 0.337 e. The minimum atomic E-state index is 0.0759. The molecule has 1 amide bonds. The molecule has 3 aromatic rings. The van der Waals surface area contributed by atoms with E-state index in [2.05, 4.69) is 10.4 Å². The zero-order valence-corrected chi connectivity index (χ0v) is 15.7. The lowest BCUT2D eigenvalue weighted by molar-refractivity contribution is 0.0749. The highest BCUT2D eigenvalue weighted by Gasteiger charge is 2.26. The number of amides is 1. The Morgan fingerprint density at radius 3 is 3.00 bits per heavy atom.